The lowest BCUT2D eigenvalue weighted by molar-refractivity contribution is 0.0112. The zero-order valence-corrected chi connectivity index (χ0v) is 12.7. The Labute approximate surface area is 121 Å². The maximum Gasteiger partial charge on any atom is 0.134 e. The summed E-state index contributed by atoms with van der Waals surface area (Å²) < 4.78 is 12.6. The minimum Gasteiger partial charge on any atom is -0.464 e. The van der Waals surface area contributed by atoms with Gasteiger partial charge in [-0.25, -0.2) is 0 Å². The largest absolute Gasteiger partial charge is 0.464 e. The fourth-order valence-electron chi connectivity index (χ4n) is 1.89. The van der Waals surface area contributed by atoms with Crippen molar-refractivity contribution < 1.29 is 9.15 Å². The molecule has 19 heavy (non-hydrogen) atoms. The molecular weight excluding hydrogens is 306 g/mol. The Morgan fingerprint density at radius 3 is 2.58 bits per heavy atom. The second-order valence-corrected chi connectivity index (χ2v) is 5.48. The van der Waals surface area contributed by atoms with E-state index in [1.54, 1.807) is 0 Å². The first kappa shape index (κ1) is 14.3. The summed E-state index contributed by atoms with van der Waals surface area (Å²) in [5.41, 5.74) is 7.08. The molecule has 0 fully saturated rings. The van der Waals surface area contributed by atoms with E-state index in [-0.39, 0.29) is 12.1 Å². The molecular formula is C15H18BrNO2. The molecule has 2 N–H and O–H groups in total. The van der Waals surface area contributed by atoms with Gasteiger partial charge in [0.25, 0.3) is 0 Å². The van der Waals surface area contributed by atoms with Gasteiger partial charge in [-0.1, -0.05) is 34.1 Å². The fourth-order valence-corrected chi connectivity index (χ4v) is 2.29. The zero-order chi connectivity index (χ0) is 13.8. The van der Waals surface area contributed by atoms with Crippen LogP contribution in [0.15, 0.2) is 45.3 Å². The van der Waals surface area contributed by atoms with Crippen LogP contribution in [0.25, 0.3) is 0 Å². The van der Waals surface area contributed by atoms with Gasteiger partial charge in [0.15, 0.2) is 0 Å². The highest BCUT2D eigenvalue weighted by Crippen LogP contribution is 2.25. The Morgan fingerprint density at radius 1 is 1.26 bits per heavy atom. The fraction of sp³-hybridized carbons (Fsp3) is 0.333. The number of nitrogens with two attached hydrogens (primary N) is 1. The lowest BCUT2D eigenvalue weighted by atomic mass is 10.1. The highest BCUT2D eigenvalue weighted by molar-refractivity contribution is 9.10. The molecule has 3 nitrogen and oxygen atoms in total. The molecule has 1 heterocycles. The van der Waals surface area contributed by atoms with Crippen molar-refractivity contribution in [1.29, 1.82) is 0 Å². The van der Waals surface area contributed by atoms with Crippen LogP contribution in [0.1, 0.15) is 30.1 Å². The Balaban J connectivity index is 2.08. The summed E-state index contributed by atoms with van der Waals surface area (Å²) in [7, 11) is 0. The van der Waals surface area contributed by atoms with E-state index in [2.05, 4.69) is 15.9 Å². The Kier molecular flexibility index (Phi) is 4.80. The molecule has 4 heteroatoms. The molecule has 0 aliphatic carbocycles. The predicted molar refractivity (Wildman–Crippen MR) is 78.8 cm³/mol. The van der Waals surface area contributed by atoms with Gasteiger partial charge in [0.05, 0.1) is 6.61 Å². The molecule has 0 aliphatic rings. The predicted octanol–water partition coefficient (Wildman–Crippen LogP) is 3.96. The van der Waals surface area contributed by atoms with E-state index >= 15 is 0 Å². The monoisotopic (exact) mass is 323 g/mol. The van der Waals surface area contributed by atoms with Crippen LogP contribution in [0, 0.1) is 6.92 Å². The first-order valence-corrected chi connectivity index (χ1v) is 7.04. The molecule has 2 aromatic rings. The normalized spacial score (nSPS) is 14.3. The molecule has 0 radical (unpaired) electrons. The van der Waals surface area contributed by atoms with Crippen molar-refractivity contribution in [3.05, 3.63) is 58.0 Å². The number of benzene rings is 1. The highest BCUT2D eigenvalue weighted by Gasteiger charge is 2.20. The van der Waals surface area contributed by atoms with Crippen molar-refractivity contribution in [1.82, 2.24) is 0 Å². The van der Waals surface area contributed by atoms with Gasteiger partial charge in [-0.05, 0) is 37.6 Å². The molecule has 0 spiro atoms. The van der Waals surface area contributed by atoms with Gasteiger partial charge in [0, 0.05) is 10.5 Å². The van der Waals surface area contributed by atoms with Crippen LogP contribution in [0.2, 0.25) is 0 Å². The summed E-state index contributed by atoms with van der Waals surface area (Å²) in [4.78, 5) is 0. The second kappa shape index (κ2) is 6.37. The van der Waals surface area contributed by atoms with E-state index in [0.717, 1.165) is 21.6 Å². The third kappa shape index (κ3) is 3.69. The minimum atomic E-state index is -0.235. The molecule has 2 atom stereocenters. The maximum atomic E-state index is 5.98. The summed E-state index contributed by atoms with van der Waals surface area (Å²) in [6, 6.07) is 11.7. The maximum absolute atomic E-state index is 5.98. The molecule has 1 aromatic carbocycles. The Bertz CT molecular complexity index is 536. The molecule has 0 aliphatic heterocycles. The van der Waals surface area contributed by atoms with Crippen LogP contribution in [-0.4, -0.2) is 6.04 Å². The smallest absolute Gasteiger partial charge is 0.134 e. The van der Waals surface area contributed by atoms with Crippen LogP contribution in [-0.2, 0) is 11.3 Å². The molecule has 0 bridgehead atoms. The summed E-state index contributed by atoms with van der Waals surface area (Å²) >= 11 is 3.51. The molecule has 2 unspecified atom stereocenters. The average molecular weight is 324 g/mol. The topological polar surface area (TPSA) is 48.4 Å². The van der Waals surface area contributed by atoms with E-state index in [1.807, 2.05) is 50.2 Å². The van der Waals surface area contributed by atoms with Crippen molar-refractivity contribution >= 4 is 15.9 Å². The molecule has 0 saturated heterocycles. The summed E-state index contributed by atoms with van der Waals surface area (Å²) in [6.07, 6.45) is -0.235. The van der Waals surface area contributed by atoms with E-state index in [9.17, 15) is 0 Å². The van der Waals surface area contributed by atoms with Gasteiger partial charge in [-0.2, -0.15) is 0 Å². The second-order valence-electron chi connectivity index (χ2n) is 4.63. The number of aryl methyl sites for hydroxylation is 1. The summed E-state index contributed by atoms with van der Waals surface area (Å²) in [5, 5.41) is 0. The van der Waals surface area contributed by atoms with Crippen LogP contribution in [0.4, 0.5) is 0 Å². The summed E-state index contributed by atoms with van der Waals surface area (Å²) in [6.45, 7) is 4.32. The van der Waals surface area contributed by atoms with Crippen molar-refractivity contribution in [2.24, 2.45) is 5.73 Å². The third-order valence-corrected chi connectivity index (χ3v) is 3.67. The molecule has 1 aromatic heterocycles. The first-order valence-electron chi connectivity index (χ1n) is 6.25. The molecule has 102 valence electrons. The molecule has 0 amide bonds. The number of hydrogen-bond donors (Lipinski definition) is 1. The minimum absolute atomic E-state index is 0.131. The lowest BCUT2D eigenvalue weighted by Gasteiger charge is -2.19. The standard InChI is InChI=1S/C15H18BrNO2/c1-10-7-8-14(19-10)15(11(2)17)18-9-12-5-3-4-6-13(12)16/h3-8,11,15H,9,17H2,1-2H3. The number of hydrogen-bond acceptors (Lipinski definition) is 3. The van der Waals surface area contributed by atoms with Gasteiger partial charge < -0.3 is 14.9 Å². The SMILES string of the molecule is Cc1ccc(C(OCc2ccccc2Br)C(C)N)o1. The first-order chi connectivity index (χ1) is 9.08. The molecule has 2 rings (SSSR count). The highest BCUT2D eigenvalue weighted by atomic mass is 79.9. The number of furan rings is 1. The van der Waals surface area contributed by atoms with Crippen molar-refractivity contribution in [3.8, 4) is 0 Å². The van der Waals surface area contributed by atoms with Crippen molar-refractivity contribution in [2.45, 2.75) is 32.6 Å². The van der Waals surface area contributed by atoms with Gasteiger partial charge >= 0.3 is 0 Å². The lowest BCUT2D eigenvalue weighted by Crippen LogP contribution is -2.26. The average Bonchev–Trinajstić information content (AvgIpc) is 2.78. The van der Waals surface area contributed by atoms with Crippen LogP contribution >= 0.6 is 15.9 Å². The number of ether oxygens (including phenoxy) is 1. The van der Waals surface area contributed by atoms with Crippen LogP contribution in [0.5, 0.6) is 0 Å². The molecule has 0 saturated carbocycles. The van der Waals surface area contributed by atoms with E-state index < -0.39 is 0 Å². The van der Waals surface area contributed by atoms with Crippen molar-refractivity contribution in [3.63, 3.8) is 0 Å². The van der Waals surface area contributed by atoms with Crippen LogP contribution < -0.4 is 5.73 Å². The Morgan fingerprint density at radius 2 is 2.00 bits per heavy atom. The third-order valence-electron chi connectivity index (χ3n) is 2.90. The summed E-state index contributed by atoms with van der Waals surface area (Å²) in [5.74, 6) is 1.64. The van der Waals surface area contributed by atoms with Gasteiger partial charge in [0.2, 0.25) is 0 Å². The van der Waals surface area contributed by atoms with E-state index in [1.165, 1.54) is 0 Å². The van der Waals surface area contributed by atoms with E-state index in [0.29, 0.717) is 6.61 Å². The van der Waals surface area contributed by atoms with Crippen LogP contribution in [0.3, 0.4) is 0 Å². The quantitative estimate of drug-likeness (QED) is 0.906. The number of rotatable bonds is 5. The van der Waals surface area contributed by atoms with Gasteiger partial charge in [-0.15, -0.1) is 0 Å². The van der Waals surface area contributed by atoms with Gasteiger partial charge in [0.1, 0.15) is 17.6 Å². The zero-order valence-electron chi connectivity index (χ0n) is 11.1. The van der Waals surface area contributed by atoms with Crippen molar-refractivity contribution in [2.75, 3.05) is 0 Å². The van der Waals surface area contributed by atoms with Gasteiger partial charge in [-0.3, -0.25) is 0 Å². The Hall–Kier alpha value is -1.10. The van der Waals surface area contributed by atoms with E-state index in [4.69, 9.17) is 14.9 Å². The number of halogens is 1.